The van der Waals surface area contributed by atoms with Crippen LogP contribution in [0.4, 0.5) is 0 Å². The van der Waals surface area contributed by atoms with E-state index in [1.807, 2.05) is 0 Å². The molecular formula is C16H27N3O5S. The van der Waals surface area contributed by atoms with Gasteiger partial charge >= 0.3 is 0 Å². The third-order valence-corrected chi connectivity index (χ3v) is 5.96. The summed E-state index contributed by atoms with van der Waals surface area (Å²) in [6.45, 7) is 3.16. The SMILES string of the molecule is COCCOCCCNC(=O)c1cc(S(=O)(=O)N2CCCC2)cn1C. The van der Waals surface area contributed by atoms with Crippen molar-refractivity contribution in [2.45, 2.75) is 24.2 Å². The van der Waals surface area contributed by atoms with E-state index in [9.17, 15) is 13.2 Å². The van der Waals surface area contributed by atoms with Crippen LogP contribution in [-0.2, 0) is 26.5 Å². The molecule has 0 atom stereocenters. The molecule has 142 valence electrons. The van der Waals surface area contributed by atoms with Crippen molar-refractivity contribution >= 4 is 15.9 Å². The molecule has 9 heteroatoms. The second-order valence-corrected chi connectivity index (χ2v) is 7.94. The number of nitrogens with one attached hydrogen (secondary N) is 1. The summed E-state index contributed by atoms with van der Waals surface area (Å²) in [6, 6.07) is 1.44. The lowest BCUT2D eigenvalue weighted by Gasteiger charge is -2.13. The molecule has 1 saturated heterocycles. The lowest BCUT2D eigenvalue weighted by Crippen LogP contribution is -2.28. The number of rotatable bonds is 10. The maximum atomic E-state index is 12.6. The highest BCUT2D eigenvalue weighted by Crippen LogP contribution is 2.22. The first-order valence-corrected chi connectivity index (χ1v) is 9.92. The zero-order valence-electron chi connectivity index (χ0n) is 14.9. The van der Waals surface area contributed by atoms with Gasteiger partial charge in [-0.05, 0) is 25.3 Å². The van der Waals surface area contributed by atoms with Gasteiger partial charge < -0.3 is 19.4 Å². The molecule has 2 heterocycles. The van der Waals surface area contributed by atoms with Crippen molar-refractivity contribution in [1.82, 2.24) is 14.2 Å². The number of amides is 1. The number of ether oxygens (including phenoxy) is 2. The molecule has 0 aliphatic carbocycles. The van der Waals surface area contributed by atoms with Crippen molar-refractivity contribution in [3.05, 3.63) is 18.0 Å². The second kappa shape index (κ2) is 9.33. The van der Waals surface area contributed by atoms with Crippen LogP contribution in [0.2, 0.25) is 0 Å². The van der Waals surface area contributed by atoms with E-state index >= 15 is 0 Å². The minimum atomic E-state index is -3.51. The molecule has 1 aromatic heterocycles. The standard InChI is InChI=1S/C16H27N3O5S/c1-18-13-14(25(21,22)19-7-3-4-8-19)12-15(18)16(20)17-6-5-9-24-11-10-23-2/h12-13H,3-11H2,1-2H3,(H,17,20). The Balaban J connectivity index is 1.87. The van der Waals surface area contributed by atoms with Gasteiger partial charge in [0.25, 0.3) is 5.91 Å². The van der Waals surface area contributed by atoms with Crippen LogP contribution < -0.4 is 5.32 Å². The minimum Gasteiger partial charge on any atom is -0.382 e. The van der Waals surface area contributed by atoms with Crippen LogP contribution in [0.5, 0.6) is 0 Å². The molecule has 1 aromatic rings. The fourth-order valence-electron chi connectivity index (χ4n) is 2.69. The summed E-state index contributed by atoms with van der Waals surface area (Å²) in [5, 5.41) is 2.79. The number of aryl methyl sites for hydroxylation is 1. The summed E-state index contributed by atoms with van der Waals surface area (Å²) in [4.78, 5) is 12.4. The molecule has 8 nitrogen and oxygen atoms in total. The maximum Gasteiger partial charge on any atom is 0.267 e. The van der Waals surface area contributed by atoms with Crippen LogP contribution in [0.15, 0.2) is 17.2 Å². The summed E-state index contributed by atoms with van der Waals surface area (Å²) in [5.41, 5.74) is 0.332. The largest absolute Gasteiger partial charge is 0.382 e. The zero-order chi connectivity index (χ0) is 18.3. The van der Waals surface area contributed by atoms with Gasteiger partial charge in [-0.15, -0.1) is 0 Å². The average Bonchev–Trinajstić information content (AvgIpc) is 3.24. The zero-order valence-corrected chi connectivity index (χ0v) is 15.7. The maximum absolute atomic E-state index is 12.6. The number of nitrogens with zero attached hydrogens (tertiary/aromatic N) is 2. The van der Waals surface area contributed by atoms with Crippen molar-refractivity contribution in [2.75, 3.05) is 46.6 Å². The van der Waals surface area contributed by atoms with Gasteiger partial charge in [0.1, 0.15) is 10.6 Å². The van der Waals surface area contributed by atoms with Gasteiger partial charge in [0.05, 0.1) is 13.2 Å². The first-order chi connectivity index (χ1) is 12.0. The van der Waals surface area contributed by atoms with Crippen molar-refractivity contribution in [1.29, 1.82) is 0 Å². The average molecular weight is 373 g/mol. The van der Waals surface area contributed by atoms with Crippen LogP contribution >= 0.6 is 0 Å². The molecule has 1 amide bonds. The Hall–Kier alpha value is -1.42. The van der Waals surface area contributed by atoms with E-state index < -0.39 is 10.0 Å². The summed E-state index contributed by atoms with van der Waals surface area (Å²) < 4.78 is 38.3. The Kier molecular flexibility index (Phi) is 7.42. The van der Waals surface area contributed by atoms with E-state index in [-0.39, 0.29) is 10.8 Å². The molecule has 0 unspecified atom stereocenters. The van der Waals surface area contributed by atoms with Gasteiger partial charge in [-0.1, -0.05) is 0 Å². The Bertz CT molecular complexity index is 665. The van der Waals surface area contributed by atoms with Crippen LogP contribution in [0.25, 0.3) is 0 Å². The first kappa shape index (κ1) is 19.9. The highest BCUT2D eigenvalue weighted by atomic mass is 32.2. The molecule has 0 spiro atoms. The second-order valence-electron chi connectivity index (χ2n) is 6.00. The van der Waals surface area contributed by atoms with Gasteiger partial charge in [-0.25, -0.2) is 8.42 Å². The Morgan fingerprint density at radius 2 is 1.96 bits per heavy atom. The number of carbonyl (C=O) groups excluding carboxylic acids is 1. The normalized spacial score (nSPS) is 15.6. The number of hydrogen-bond acceptors (Lipinski definition) is 5. The van der Waals surface area contributed by atoms with E-state index in [2.05, 4.69) is 5.32 Å². The Morgan fingerprint density at radius 3 is 2.64 bits per heavy atom. The van der Waals surface area contributed by atoms with E-state index in [1.165, 1.54) is 16.6 Å². The number of hydrogen-bond donors (Lipinski definition) is 1. The molecule has 1 fully saturated rings. The van der Waals surface area contributed by atoms with E-state index in [4.69, 9.17) is 9.47 Å². The van der Waals surface area contributed by atoms with Gasteiger partial charge in [0, 0.05) is 46.6 Å². The van der Waals surface area contributed by atoms with Gasteiger partial charge in [-0.3, -0.25) is 4.79 Å². The van der Waals surface area contributed by atoms with Crippen LogP contribution in [0.1, 0.15) is 29.8 Å². The fourth-order valence-corrected chi connectivity index (χ4v) is 4.28. The molecule has 0 radical (unpaired) electrons. The summed E-state index contributed by atoms with van der Waals surface area (Å²) in [6.07, 6.45) is 3.94. The Labute approximate surface area is 149 Å². The smallest absolute Gasteiger partial charge is 0.267 e. The van der Waals surface area contributed by atoms with Gasteiger partial charge in [0.15, 0.2) is 0 Å². The predicted molar refractivity (Wildman–Crippen MR) is 93.1 cm³/mol. The molecule has 0 aromatic carbocycles. The van der Waals surface area contributed by atoms with Crippen molar-refractivity contribution < 1.29 is 22.7 Å². The predicted octanol–water partition coefficient (Wildman–Crippen LogP) is 0.593. The molecular weight excluding hydrogens is 346 g/mol. The monoisotopic (exact) mass is 373 g/mol. The number of methoxy groups -OCH3 is 1. The summed E-state index contributed by atoms with van der Waals surface area (Å²) >= 11 is 0. The number of carbonyl (C=O) groups is 1. The minimum absolute atomic E-state index is 0.171. The molecule has 1 aliphatic rings. The topological polar surface area (TPSA) is 89.9 Å². The van der Waals surface area contributed by atoms with E-state index in [0.29, 0.717) is 51.6 Å². The lowest BCUT2D eigenvalue weighted by atomic mass is 10.3. The van der Waals surface area contributed by atoms with Gasteiger partial charge in [0.2, 0.25) is 10.0 Å². The lowest BCUT2D eigenvalue weighted by molar-refractivity contribution is 0.0688. The van der Waals surface area contributed by atoms with Crippen LogP contribution in [0, 0.1) is 0 Å². The molecule has 0 bridgehead atoms. The van der Waals surface area contributed by atoms with Crippen molar-refractivity contribution in [2.24, 2.45) is 7.05 Å². The Morgan fingerprint density at radius 1 is 1.24 bits per heavy atom. The fraction of sp³-hybridized carbons (Fsp3) is 0.688. The van der Waals surface area contributed by atoms with E-state index in [1.54, 1.807) is 18.7 Å². The molecule has 25 heavy (non-hydrogen) atoms. The van der Waals surface area contributed by atoms with Gasteiger partial charge in [-0.2, -0.15) is 4.31 Å². The van der Waals surface area contributed by atoms with Crippen LogP contribution in [0.3, 0.4) is 0 Å². The number of aromatic nitrogens is 1. The number of sulfonamides is 1. The van der Waals surface area contributed by atoms with Crippen molar-refractivity contribution in [3.8, 4) is 0 Å². The first-order valence-electron chi connectivity index (χ1n) is 8.48. The molecule has 1 aliphatic heterocycles. The third-order valence-electron chi connectivity index (χ3n) is 4.10. The van der Waals surface area contributed by atoms with Crippen LogP contribution in [-0.4, -0.2) is 69.8 Å². The molecule has 1 N–H and O–H groups in total. The molecule has 2 rings (SSSR count). The third kappa shape index (κ3) is 5.27. The summed E-state index contributed by atoms with van der Waals surface area (Å²) in [5.74, 6) is -0.290. The molecule has 0 saturated carbocycles. The van der Waals surface area contributed by atoms with Crippen molar-refractivity contribution in [3.63, 3.8) is 0 Å². The van der Waals surface area contributed by atoms with E-state index in [0.717, 1.165) is 12.8 Å². The summed E-state index contributed by atoms with van der Waals surface area (Å²) in [7, 11) is -0.226. The quantitative estimate of drug-likeness (QED) is 0.607. The highest BCUT2D eigenvalue weighted by molar-refractivity contribution is 7.89. The highest BCUT2D eigenvalue weighted by Gasteiger charge is 2.29.